The molecule has 8 heteroatoms. The SMILES string of the molecule is COc1ccc(C(=O)COC(=O)Cn2nc3ccccc3n2)cc1Br. The number of carbonyl (C=O) groups is 2. The van der Waals surface area contributed by atoms with Crippen LogP contribution in [-0.4, -0.2) is 40.5 Å². The second-order valence-corrected chi connectivity index (χ2v) is 6.01. The van der Waals surface area contributed by atoms with Crippen molar-refractivity contribution in [2.24, 2.45) is 0 Å². The van der Waals surface area contributed by atoms with Crippen molar-refractivity contribution in [2.45, 2.75) is 6.54 Å². The van der Waals surface area contributed by atoms with E-state index in [0.29, 0.717) is 26.8 Å². The zero-order chi connectivity index (χ0) is 17.8. The molecule has 0 radical (unpaired) electrons. The molecule has 1 aromatic heterocycles. The number of esters is 1. The average molecular weight is 404 g/mol. The van der Waals surface area contributed by atoms with Gasteiger partial charge in [0.05, 0.1) is 11.6 Å². The molecule has 0 saturated carbocycles. The molecule has 3 rings (SSSR count). The second kappa shape index (κ2) is 7.43. The quantitative estimate of drug-likeness (QED) is 0.464. The zero-order valence-electron chi connectivity index (χ0n) is 13.3. The summed E-state index contributed by atoms with van der Waals surface area (Å²) in [5, 5.41) is 8.34. The first-order chi connectivity index (χ1) is 12.1. The van der Waals surface area contributed by atoms with Gasteiger partial charge in [0.15, 0.2) is 18.9 Å². The van der Waals surface area contributed by atoms with Gasteiger partial charge in [-0.3, -0.25) is 4.79 Å². The molecule has 0 bridgehead atoms. The predicted octanol–water partition coefficient (Wildman–Crippen LogP) is 2.63. The molecule has 7 nitrogen and oxygen atoms in total. The van der Waals surface area contributed by atoms with Gasteiger partial charge in [0.1, 0.15) is 16.8 Å². The van der Waals surface area contributed by atoms with Gasteiger partial charge in [-0.1, -0.05) is 12.1 Å². The van der Waals surface area contributed by atoms with Gasteiger partial charge in [-0.15, -0.1) is 0 Å². The number of ketones is 1. The molecule has 0 unspecified atom stereocenters. The third-order valence-corrected chi connectivity index (χ3v) is 4.06. The number of hydrogen-bond donors (Lipinski definition) is 0. The van der Waals surface area contributed by atoms with Gasteiger partial charge in [0.2, 0.25) is 0 Å². The van der Waals surface area contributed by atoms with Crippen LogP contribution < -0.4 is 4.74 Å². The summed E-state index contributed by atoms with van der Waals surface area (Å²) in [5.74, 6) is -0.276. The number of aromatic nitrogens is 3. The number of methoxy groups -OCH3 is 1. The van der Waals surface area contributed by atoms with E-state index in [1.807, 2.05) is 12.1 Å². The summed E-state index contributed by atoms with van der Waals surface area (Å²) in [6.45, 7) is -0.507. The number of Topliss-reactive ketones (excluding diaryl/α,β-unsaturated/α-hetero) is 1. The van der Waals surface area contributed by atoms with Crippen LogP contribution in [0.4, 0.5) is 0 Å². The summed E-state index contributed by atoms with van der Waals surface area (Å²) in [4.78, 5) is 25.3. The van der Waals surface area contributed by atoms with Crippen molar-refractivity contribution in [3.8, 4) is 5.75 Å². The fourth-order valence-electron chi connectivity index (χ4n) is 2.21. The Morgan fingerprint density at radius 1 is 1.12 bits per heavy atom. The topological polar surface area (TPSA) is 83.3 Å². The molecule has 0 atom stereocenters. The van der Waals surface area contributed by atoms with Crippen molar-refractivity contribution >= 4 is 38.7 Å². The largest absolute Gasteiger partial charge is 0.496 e. The highest BCUT2D eigenvalue weighted by atomic mass is 79.9. The highest BCUT2D eigenvalue weighted by molar-refractivity contribution is 9.10. The molecule has 0 aliphatic heterocycles. The van der Waals surface area contributed by atoms with E-state index in [1.54, 1.807) is 30.3 Å². The third kappa shape index (κ3) is 4.03. The molecule has 25 heavy (non-hydrogen) atoms. The molecule has 3 aromatic rings. The normalized spacial score (nSPS) is 10.6. The lowest BCUT2D eigenvalue weighted by molar-refractivity contribution is -0.143. The Morgan fingerprint density at radius 2 is 1.80 bits per heavy atom. The van der Waals surface area contributed by atoms with Gasteiger partial charge in [0.25, 0.3) is 0 Å². The Bertz CT molecular complexity index is 906. The molecule has 0 aliphatic rings. The van der Waals surface area contributed by atoms with E-state index in [0.717, 1.165) is 0 Å². The van der Waals surface area contributed by atoms with Crippen LogP contribution in [0.15, 0.2) is 46.9 Å². The number of hydrogen-bond acceptors (Lipinski definition) is 6. The van der Waals surface area contributed by atoms with Crippen molar-refractivity contribution in [2.75, 3.05) is 13.7 Å². The molecule has 0 spiro atoms. The molecule has 0 fully saturated rings. The fourth-order valence-corrected chi connectivity index (χ4v) is 2.75. The fraction of sp³-hybridized carbons (Fsp3) is 0.176. The Morgan fingerprint density at radius 3 is 2.40 bits per heavy atom. The summed E-state index contributed by atoms with van der Waals surface area (Å²) in [5.41, 5.74) is 1.80. The molecule has 0 N–H and O–H groups in total. The van der Waals surface area contributed by atoms with Crippen LogP contribution in [0.25, 0.3) is 11.0 Å². The van der Waals surface area contributed by atoms with Crippen LogP contribution in [-0.2, 0) is 16.1 Å². The van der Waals surface area contributed by atoms with Gasteiger partial charge < -0.3 is 9.47 Å². The molecule has 0 aliphatic carbocycles. The standard InChI is InChI=1S/C17H14BrN3O4/c1-24-16-7-6-11(8-12(16)18)15(22)10-25-17(23)9-21-19-13-4-2-3-5-14(13)20-21/h2-8H,9-10H2,1H3. The van der Waals surface area contributed by atoms with Gasteiger partial charge in [0, 0.05) is 5.56 Å². The number of ether oxygens (including phenoxy) is 2. The van der Waals surface area contributed by atoms with Crippen LogP contribution in [0.3, 0.4) is 0 Å². The first kappa shape index (κ1) is 17.1. The maximum atomic E-state index is 12.1. The van der Waals surface area contributed by atoms with E-state index in [-0.39, 0.29) is 18.9 Å². The minimum absolute atomic E-state index is 0.158. The average Bonchev–Trinajstić information content (AvgIpc) is 3.01. The lowest BCUT2D eigenvalue weighted by Crippen LogP contribution is -2.19. The van der Waals surface area contributed by atoms with Crippen LogP contribution in [0.5, 0.6) is 5.75 Å². The van der Waals surface area contributed by atoms with Crippen molar-refractivity contribution < 1.29 is 19.1 Å². The van der Waals surface area contributed by atoms with Crippen molar-refractivity contribution in [1.29, 1.82) is 0 Å². The number of benzene rings is 2. The van der Waals surface area contributed by atoms with E-state index >= 15 is 0 Å². The second-order valence-electron chi connectivity index (χ2n) is 5.15. The van der Waals surface area contributed by atoms with E-state index < -0.39 is 5.97 Å². The van der Waals surface area contributed by atoms with Crippen LogP contribution >= 0.6 is 15.9 Å². The van der Waals surface area contributed by atoms with E-state index in [1.165, 1.54) is 11.9 Å². The lowest BCUT2D eigenvalue weighted by Gasteiger charge is -2.06. The van der Waals surface area contributed by atoms with Gasteiger partial charge in [-0.25, -0.2) is 4.79 Å². The molecule has 0 amide bonds. The smallest absolute Gasteiger partial charge is 0.330 e. The maximum Gasteiger partial charge on any atom is 0.330 e. The van der Waals surface area contributed by atoms with E-state index in [2.05, 4.69) is 26.1 Å². The zero-order valence-corrected chi connectivity index (χ0v) is 14.9. The number of carbonyl (C=O) groups excluding carboxylic acids is 2. The molecular weight excluding hydrogens is 390 g/mol. The minimum atomic E-state index is -0.582. The number of nitrogens with zero attached hydrogens (tertiary/aromatic N) is 3. The minimum Gasteiger partial charge on any atom is -0.496 e. The van der Waals surface area contributed by atoms with Crippen LogP contribution in [0, 0.1) is 0 Å². The highest BCUT2D eigenvalue weighted by Gasteiger charge is 2.13. The third-order valence-electron chi connectivity index (χ3n) is 3.44. The van der Waals surface area contributed by atoms with Crippen molar-refractivity contribution in [3.05, 3.63) is 52.5 Å². The Labute approximate surface area is 151 Å². The number of halogens is 1. The van der Waals surface area contributed by atoms with E-state index in [4.69, 9.17) is 9.47 Å². The van der Waals surface area contributed by atoms with Crippen LogP contribution in [0.2, 0.25) is 0 Å². The van der Waals surface area contributed by atoms with Crippen molar-refractivity contribution in [3.63, 3.8) is 0 Å². The Balaban J connectivity index is 1.58. The highest BCUT2D eigenvalue weighted by Crippen LogP contribution is 2.25. The van der Waals surface area contributed by atoms with E-state index in [9.17, 15) is 9.59 Å². The maximum absolute atomic E-state index is 12.1. The molecule has 2 aromatic carbocycles. The van der Waals surface area contributed by atoms with Gasteiger partial charge in [-0.2, -0.15) is 15.0 Å². The summed E-state index contributed by atoms with van der Waals surface area (Å²) >= 11 is 3.31. The van der Waals surface area contributed by atoms with Gasteiger partial charge >= 0.3 is 5.97 Å². The number of fused-ring (bicyclic) bond motifs is 1. The summed E-state index contributed by atoms with van der Waals surface area (Å²) in [7, 11) is 1.54. The first-order valence-corrected chi connectivity index (χ1v) is 8.18. The summed E-state index contributed by atoms with van der Waals surface area (Å²) < 4.78 is 10.8. The summed E-state index contributed by atoms with van der Waals surface area (Å²) in [6.07, 6.45) is 0. The Hall–Kier alpha value is -2.74. The van der Waals surface area contributed by atoms with Crippen LogP contribution in [0.1, 0.15) is 10.4 Å². The molecule has 1 heterocycles. The van der Waals surface area contributed by atoms with Crippen molar-refractivity contribution in [1.82, 2.24) is 15.0 Å². The molecular formula is C17H14BrN3O4. The number of rotatable bonds is 6. The lowest BCUT2D eigenvalue weighted by atomic mass is 10.1. The first-order valence-electron chi connectivity index (χ1n) is 7.39. The monoisotopic (exact) mass is 403 g/mol. The molecule has 0 saturated heterocycles. The summed E-state index contributed by atoms with van der Waals surface area (Å²) in [6, 6.07) is 12.2. The molecule has 128 valence electrons. The van der Waals surface area contributed by atoms with Gasteiger partial charge in [-0.05, 0) is 46.3 Å². The Kier molecular flexibility index (Phi) is 5.08. The predicted molar refractivity (Wildman–Crippen MR) is 93.5 cm³/mol.